The summed E-state index contributed by atoms with van der Waals surface area (Å²) in [5.41, 5.74) is 6.38. The molecule has 0 radical (unpaired) electrons. The summed E-state index contributed by atoms with van der Waals surface area (Å²) in [6.45, 7) is 0. The van der Waals surface area contributed by atoms with E-state index in [-0.39, 0.29) is 28.0 Å². The molecule has 0 aromatic heterocycles. The molecule has 33 heavy (non-hydrogen) atoms. The van der Waals surface area contributed by atoms with Gasteiger partial charge in [0.15, 0.2) is 0 Å². The van der Waals surface area contributed by atoms with Crippen LogP contribution < -0.4 is 0 Å². The van der Waals surface area contributed by atoms with Crippen LogP contribution in [0.3, 0.4) is 0 Å². The number of fused-ring (bicyclic) bond motifs is 4. The summed E-state index contributed by atoms with van der Waals surface area (Å²) in [6.07, 6.45) is 2.57. The van der Waals surface area contributed by atoms with Crippen LogP contribution in [0.1, 0.15) is 22.3 Å². The third-order valence-electron chi connectivity index (χ3n) is 6.30. The first kappa shape index (κ1) is 21.2. The number of aryl methyl sites for hydroxylation is 4. The highest BCUT2D eigenvalue weighted by Gasteiger charge is 2.17. The molecule has 0 spiro atoms. The summed E-state index contributed by atoms with van der Waals surface area (Å²) in [7, 11) is 0. The highest BCUT2D eigenvalue weighted by molar-refractivity contribution is 6.32. The van der Waals surface area contributed by atoms with Crippen molar-refractivity contribution in [1.82, 2.24) is 0 Å². The zero-order chi connectivity index (χ0) is 23.1. The number of aromatic hydroxyl groups is 4. The van der Waals surface area contributed by atoms with E-state index >= 15 is 0 Å². The van der Waals surface area contributed by atoms with E-state index < -0.39 is 0 Å². The number of hydrogen-bond acceptors (Lipinski definition) is 4. The first-order chi connectivity index (χ1) is 15.9. The molecule has 166 valence electrons. The molecule has 4 aromatic carbocycles. The van der Waals surface area contributed by atoms with Crippen molar-refractivity contribution in [2.75, 3.05) is 0 Å². The second-order valence-electron chi connectivity index (χ2n) is 8.52. The molecular weight excluding hydrogens is 436 g/mol. The van der Waals surface area contributed by atoms with Gasteiger partial charge in [0, 0.05) is 16.7 Å². The van der Waals surface area contributed by atoms with Crippen LogP contribution in [0.4, 0.5) is 0 Å². The van der Waals surface area contributed by atoms with E-state index in [0.29, 0.717) is 36.8 Å². The van der Waals surface area contributed by atoms with Gasteiger partial charge in [-0.2, -0.15) is 0 Å². The molecule has 6 rings (SSSR count). The van der Waals surface area contributed by atoms with Crippen molar-refractivity contribution in [3.8, 4) is 45.3 Å². The van der Waals surface area contributed by atoms with E-state index in [0.717, 1.165) is 33.4 Å². The predicted octanol–water partition coefficient (Wildman–Crippen LogP) is 6.38. The second-order valence-corrected chi connectivity index (χ2v) is 8.93. The van der Waals surface area contributed by atoms with Gasteiger partial charge in [0.05, 0.1) is 5.02 Å². The summed E-state index contributed by atoms with van der Waals surface area (Å²) in [6, 6.07) is 19.8. The first-order valence-electron chi connectivity index (χ1n) is 10.9. The molecule has 0 saturated carbocycles. The normalized spacial score (nSPS) is 13.0. The van der Waals surface area contributed by atoms with Crippen molar-refractivity contribution < 1.29 is 20.4 Å². The lowest BCUT2D eigenvalue weighted by Crippen LogP contribution is -1.98. The lowest BCUT2D eigenvalue weighted by molar-refractivity contribution is 0.469. The molecule has 0 heterocycles. The van der Waals surface area contributed by atoms with Gasteiger partial charge in [-0.1, -0.05) is 35.9 Å². The van der Waals surface area contributed by atoms with E-state index in [4.69, 9.17) is 11.6 Å². The Morgan fingerprint density at radius 3 is 2.00 bits per heavy atom. The molecule has 2 aliphatic carbocycles. The number of phenolic OH excluding ortho intramolecular Hbond substituents is 4. The van der Waals surface area contributed by atoms with Gasteiger partial charge in [0.25, 0.3) is 0 Å². The van der Waals surface area contributed by atoms with E-state index in [1.807, 2.05) is 36.4 Å². The van der Waals surface area contributed by atoms with Gasteiger partial charge in [0.1, 0.15) is 23.0 Å². The summed E-state index contributed by atoms with van der Waals surface area (Å²) in [5, 5.41) is 42.3. The third kappa shape index (κ3) is 4.10. The Morgan fingerprint density at radius 1 is 0.515 bits per heavy atom. The molecule has 2 aliphatic rings. The molecule has 4 N–H and O–H groups in total. The van der Waals surface area contributed by atoms with Gasteiger partial charge >= 0.3 is 0 Å². The lowest BCUT2D eigenvalue weighted by atomic mass is 9.91. The minimum atomic E-state index is -0.0637. The summed E-state index contributed by atoms with van der Waals surface area (Å²) >= 11 is 6.33. The van der Waals surface area contributed by atoms with Crippen LogP contribution in [0.5, 0.6) is 23.0 Å². The number of rotatable bonds is 0. The lowest BCUT2D eigenvalue weighted by Gasteiger charge is -2.16. The minimum Gasteiger partial charge on any atom is -0.508 e. The van der Waals surface area contributed by atoms with Crippen molar-refractivity contribution in [2.45, 2.75) is 25.7 Å². The van der Waals surface area contributed by atoms with Crippen molar-refractivity contribution in [3.05, 3.63) is 94.0 Å². The Kier molecular flexibility index (Phi) is 5.39. The average Bonchev–Trinajstić information content (AvgIpc) is 2.79. The minimum absolute atomic E-state index is 0.0637. The zero-order valence-corrected chi connectivity index (χ0v) is 18.6. The Balaban J connectivity index is 1.69. The number of phenols is 4. The topological polar surface area (TPSA) is 80.9 Å². The third-order valence-corrected chi connectivity index (χ3v) is 6.59. The monoisotopic (exact) mass is 458 g/mol. The largest absolute Gasteiger partial charge is 0.508 e. The zero-order valence-electron chi connectivity index (χ0n) is 17.8. The van der Waals surface area contributed by atoms with E-state index in [1.165, 1.54) is 0 Å². The summed E-state index contributed by atoms with van der Waals surface area (Å²) in [4.78, 5) is 0. The van der Waals surface area contributed by atoms with Crippen LogP contribution in [0.15, 0.2) is 66.7 Å². The van der Waals surface area contributed by atoms with E-state index in [9.17, 15) is 20.4 Å². The van der Waals surface area contributed by atoms with E-state index in [1.54, 1.807) is 30.3 Å². The van der Waals surface area contributed by atoms with Crippen LogP contribution in [0.25, 0.3) is 22.3 Å². The fraction of sp³-hybridized carbons (Fsp3) is 0.143. The molecule has 0 atom stereocenters. The van der Waals surface area contributed by atoms with Crippen LogP contribution >= 0.6 is 11.6 Å². The quantitative estimate of drug-likeness (QED) is 0.246. The maximum Gasteiger partial charge on any atom is 0.142 e. The summed E-state index contributed by atoms with van der Waals surface area (Å²) < 4.78 is 0. The van der Waals surface area contributed by atoms with Crippen molar-refractivity contribution >= 4 is 11.6 Å². The standard InChI is InChI=1S/C28H23ClO4/c29-25-13-18-2-1-17-4-8-22(27(32)14-17)21-9-7-20(30)15-19(21)6-3-16-5-10-26(31)23(11-16)24(12-18)28(25)33/h4-5,7-15,30-33H,1-3,6H2. The first-order valence-corrected chi connectivity index (χ1v) is 11.2. The molecule has 0 fully saturated rings. The maximum atomic E-state index is 10.8. The number of hydrogen-bond donors (Lipinski definition) is 4. The number of benzene rings is 4. The van der Waals surface area contributed by atoms with E-state index in [2.05, 4.69) is 0 Å². The summed E-state index contributed by atoms with van der Waals surface area (Å²) in [5.74, 6) is 0.373. The van der Waals surface area contributed by atoms with Crippen LogP contribution in [0, 0.1) is 0 Å². The fourth-order valence-corrected chi connectivity index (χ4v) is 4.78. The number of halogens is 1. The van der Waals surface area contributed by atoms with Crippen LogP contribution in [-0.2, 0) is 25.7 Å². The molecular formula is C28H23ClO4. The van der Waals surface area contributed by atoms with Crippen molar-refractivity contribution in [1.29, 1.82) is 0 Å². The second kappa shape index (κ2) is 8.38. The maximum absolute atomic E-state index is 10.8. The Morgan fingerprint density at radius 2 is 1.18 bits per heavy atom. The Hall–Kier alpha value is -3.63. The van der Waals surface area contributed by atoms with Crippen molar-refractivity contribution in [3.63, 3.8) is 0 Å². The van der Waals surface area contributed by atoms with Gasteiger partial charge in [-0.25, -0.2) is 0 Å². The van der Waals surface area contributed by atoms with Gasteiger partial charge in [-0.3, -0.25) is 0 Å². The fourth-order valence-electron chi connectivity index (χ4n) is 4.54. The molecule has 4 nitrogen and oxygen atoms in total. The molecule has 5 heteroatoms. The van der Waals surface area contributed by atoms with Gasteiger partial charge < -0.3 is 20.4 Å². The molecule has 0 saturated heterocycles. The van der Waals surface area contributed by atoms with Crippen molar-refractivity contribution in [2.24, 2.45) is 0 Å². The molecule has 0 aliphatic heterocycles. The average molecular weight is 459 g/mol. The predicted molar refractivity (Wildman–Crippen MR) is 130 cm³/mol. The molecule has 0 unspecified atom stereocenters. The van der Waals surface area contributed by atoms with Gasteiger partial charge in [0.2, 0.25) is 0 Å². The van der Waals surface area contributed by atoms with Crippen LogP contribution in [0.2, 0.25) is 5.02 Å². The highest BCUT2D eigenvalue weighted by atomic mass is 35.5. The van der Waals surface area contributed by atoms with Gasteiger partial charge in [-0.15, -0.1) is 0 Å². The SMILES string of the molecule is Oc1ccc2c(c1)CCc1ccc(O)c(c1)-c1cc(cc(Cl)c1O)CCc1ccc-2c(O)c1. The molecule has 4 aromatic rings. The van der Waals surface area contributed by atoms with Crippen LogP contribution in [-0.4, -0.2) is 20.4 Å². The molecule has 0 amide bonds. The highest BCUT2D eigenvalue weighted by Crippen LogP contribution is 2.42. The molecule has 6 bridgehead atoms. The Labute approximate surface area is 197 Å². The van der Waals surface area contributed by atoms with Gasteiger partial charge in [-0.05, 0) is 96.0 Å². The Bertz CT molecular complexity index is 1380. The smallest absolute Gasteiger partial charge is 0.142 e.